The number of fused-ring (bicyclic) bond motifs is 1. The second-order valence-corrected chi connectivity index (χ2v) is 4.18. The third-order valence-corrected chi connectivity index (χ3v) is 3.47. The number of carboxylic acid groups (broad SMARTS) is 1. The minimum absolute atomic E-state index is 0.250. The highest BCUT2D eigenvalue weighted by molar-refractivity contribution is 7.85. The fourth-order valence-corrected chi connectivity index (χ4v) is 3.17. The van der Waals surface area contributed by atoms with Crippen LogP contribution in [0.5, 0.6) is 0 Å². The van der Waals surface area contributed by atoms with E-state index in [1.165, 1.54) is 6.42 Å². The molecule has 2 rings (SSSR count). The van der Waals surface area contributed by atoms with Crippen molar-refractivity contribution in [2.45, 2.75) is 6.42 Å². The van der Waals surface area contributed by atoms with Crippen LogP contribution in [0.25, 0.3) is 0 Å². The van der Waals surface area contributed by atoms with E-state index in [-0.39, 0.29) is 6.47 Å². The lowest BCUT2D eigenvalue weighted by Gasteiger charge is -1.85. The summed E-state index contributed by atoms with van der Waals surface area (Å²) in [5.41, 5.74) is 0. The number of hydrogen-bond donors (Lipinski definition) is 1. The normalized spacial score (nSPS) is 41.0. The molecule has 1 saturated heterocycles. The molecule has 2 atom stereocenters. The maximum Gasteiger partial charge on any atom is 0.290 e. The van der Waals surface area contributed by atoms with Crippen LogP contribution in [-0.4, -0.2) is 27.3 Å². The second kappa shape index (κ2) is 3.14. The Labute approximate surface area is 61.9 Å². The average Bonchev–Trinajstić information content (AvgIpc) is 2.42. The van der Waals surface area contributed by atoms with Gasteiger partial charge in [0, 0.05) is 22.3 Å². The molecule has 4 heteroatoms. The molecular weight excluding hydrogens is 152 g/mol. The van der Waals surface area contributed by atoms with Crippen molar-refractivity contribution in [1.29, 1.82) is 0 Å². The van der Waals surface area contributed by atoms with E-state index in [0.29, 0.717) is 0 Å². The van der Waals surface area contributed by atoms with Gasteiger partial charge in [-0.3, -0.25) is 9.00 Å². The van der Waals surface area contributed by atoms with Crippen LogP contribution >= 0.6 is 0 Å². The molecule has 1 aliphatic heterocycles. The summed E-state index contributed by atoms with van der Waals surface area (Å²) in [6.45, 7) is -0.250. The molecule has 0 aromatic carbocycles. The molecule has 0 amide bonds. The Morgan fingerprint density at radius 3 is 2.00 bits per heavy atom. The van der Waals surface area contributed by atoms with Crippen LogP contribution in [0, 0.1) is 11.8 Å². The van der Waals surface area contributed by atoms with Crippen molar-refractivity contribution in [2.24, 2.45) is 11.8 Å². The van der Waals surface area contributed by atoms with E-state index in [0.717, 1.165) is 23.3 Å². The molecule has 1 N–H and O–H groups in total. The lowest BCUT2D eigenvalue weighted by Crippen LogP contribution is -1.94. The highest BCUT2D eigenvalue weighted by atomic mass is 32.2. The van der Waals surface area contributed by atoms with Crippen LogP contribution in [0.1, 0.15) is 6.42 Å². The van der Waals surface area contributed by atoms with Gasteiger partial charge in [-0.25, -0.2) is 0 Å². The Morgan fingerprint density at radius 1 is 1.40 bits per heavy atom. The van der Waals surface area contributed by atoms with Gasteiger partial charge in [0.1, 0.15) is 0 Å². The first-order chi connectivity index (χ1) is 4.77. The van der Waals surface area contributed by atoms with Crippen LogP contribution in [0.3, 0.4) is 0 Å². The maximum atomic E-state index is 10.6. The highest BCUT2D eigenvalue weighted by Crippen LogP contribution is 2.44. The third kappa shape index (κ3) is 1.80. The molecule has 0 aromatic heterocycles. The van der Waals surface area contributed by atoms with Gasteiger partial charge >= 0.3 is 0 Å². The molecule has 1 saturated carbocycles. The van der Waals surface area contributed by atoms with Crippen molar-refractivity contribution >= 4 is 17.3 Å². The number of rotatable bonds is 0. The first-order valence-electron chi connectivity index (χ1n) is 3.20. The Morgan fingerprint density at radius 2 is 1.80 bits per heavy atom. The molecule has 0 spiro atoms. The van der Waals surface area contributed by atoms with Gasteiger partial charge < -0.3 is 5.11 Å². The maximum absolute atomic E-state index is 10.6. The minimum Gasteiger partial charge on any atom is -0.483 e. The first kappa shape index (κ1) is 7.72. The Balaban J connectivity index is 0.000000148. The van der Waals surface area contributed by atoms with Gasteiger partial charge in [-0.15, -0.1) is 0 Å². The molecule has 3 nitrogen and oxygen atoms in total. The van der Waals surface area contributed by atoms with Crippen LogP contribution in [0.15, 0.2) is 0 Å². The van der Waals surface area contributed by atoms with E-state index in [4.69, 9.17) is 9.90 Å². The second-order valence-electron chi connectivity index (χ2n) is 2.63. The SMILES string of the molecule is O=CO.O=S1CC2CC2C1. The Hall–Kier alpha value is -0.380. The minimum atomic E-state index is -0.403. The van der Waals surface area contributed by atoms with Crippen molar-refractivity contribution in [2.75, 3.05) is 11.5 Å². The molecule has 58 valence electrons. The van der Waals surface area contributed by atoms with E-state index >= 15 is 0 Å². The van der Waals surface area contributed by atoms with Crippen LogP contribution in [0.2, 0.25) is 0 Å². The predicted octanol–water partition coefficient (Wildman–Crippen LogP) is 0.0856. The summed E-state index contributed by atoms with van der Waals surface area (Å²) in [4.78, 5) is 8.36. The largest absolute Gasteiger partial charge is 0.483 e. The molecule has 0 bridgehead atoms. The quantitative estimate of drug-likeness (QED) is 0.513. The average molecular weight is 162 g/mol. The van der Waals surface area contributed by atoms with Crippen LogP contribution in [-0.2, 0) is 15.6 Å². The monoisotopic (exact) mass is 162 g/mol. The molecular formula is C6H10O3S. The van der Waals surface area contributed by atoms with Gasteiger partial charge in [-0.1, -0.05) is 0 Å². The summed E-state index contributed by atoms with van der Waals surface area (Å²) >= 11 is 0. The smallest absolute Gasteiger partial charge is 0.290 e. The topological polar surface area (TPSA) is 54.4 Å². The van der Waals surface area contributed by atoms with Crippen molar-refractivity contribution < 1.29 is 14.1 Å². The van der Waals surface area contributed by atoms with Crippen LogP contribution < -0.4 is 0 Å². The fraction of sp³-hybridized carbons (Fsp3) is 0.833. The van der Waals surface area contributed by atoms with E-state index in [1.807, 2.05) is 0 Å². The molecule has 0 aromatic rings. The zero-order valence-electron chi connectivity index (χ0n) is 5.53. The first-order valence-corrected chi connectivity index (χ1v) is 4.69. The van der Waals surface area contributed by atoms with Crippen molar-refractivity contribution in [3.05, 3.63) is 0 Å². The summed E-state index contributed by atoms with van der Waals surface area (Å²) < 4.78 is 10.6. The van der Waals surface area contributed by atoms with Crippen molar-refractivity contribution in [3.63, 3.8) is 0 Å². The van der Waals surface area contributed by atoms with E-state index in [2.05, 4.69) is 0 Å². The van der Waals surface area contributed by atoms with Gasteiger partial charge in [0.25, 0.3) is 6.47 Å². The van der Waals surface area contributed by atoms with Crippen molar-refractivity contribution in [1.82, 2.24) is 0 Å². The predicted molar refractivity (Wildman–Crippen MR) is 38.2 cm³/mol. The summed E-state index contributed by atoms with van der Waals surface area (Å²) in [6, 6.07) is 0. The molecule has 10 heavy (non-hydrogen) atoms. The molecule has 1 aliphatic carbocycles. The van der Waals surface area contributed by atoms with Gasteiger partial charge in [0.2, 0.25) is 0 Å². The lowest BCUT2D eigenvalue weighted by molar-refractivity contribution is -0.122. The summed E-state index contributed by atoms with van der Waals surface area (Å²) in [6.07, 6.45) is 1.38. The summed E-state index contributed by atoms with van der Waals surface area (Å²) in [5.74, 6) is 3.82. The van der Waals surface area contributed by atoms with E-state index in [1.54, 1.807) is 0 Å². The lowest BCUT2D eigenvalue weighted by atomic mass is 10.4. The fourth-order valence-electron chi connectivity index (χ4n) is 1.26. The van der Waals surface area contributed by atoms with E-state index < -0.39 is 10.8 Å². The molecule has 2 unspecified atom stereocenters. The standard InChI is InChI=1S/C5H8OS.CH2O2/c6-7-2-4-1-5(4)3-7;2-1-3/h4-5H,1-3H2;1H,(H,2,3). The molecule has 1 heterocycles. The van der Waals surface area contributed by atoms with Crippen molar-refractivity contribution in [3.8, 4) is 0 Å². The Kier molecular flexibility index (Phi) is 2.43. The van der Waals surface area contributed by atoms with Gasteiger partial charge in [0.15, 0.2) is 0 Å². The van der Waals surface area contributed by atoms with E-state index in [9.17, 15) is 4.21 Å². The summed E-state index contributed by atoms with van der Waals surface area (Å²) in [7, 11) is -0.403. The van der Waals surface area contributed by atoms with Crippen LogP contribution in [0.4, 0.5) is 0 Å². The molecule has 2 fully saturated rings. The highest BCUT2D eigenvalue weighted by Gasteiger charge is 2.44. The zero-order valence-corrected chi connectivity index (χ0v) is 6.34. The molecule has 2 aliphatic rings. The Bertz CT molecular complexity index is 145. The van der Waals surface area contributed by atoms with Gasteiger partial charge in [-0.2, -0.15) is 0 Å². The third-order valence-electron chi connectivity index (χ3n) is 1.87. The number of hydrogen-bond acceptors (Lipinski definition) is 2. The summed E-state index contributed by atoms with van der Waals surface area (Å²) in [5, 5.41) is 6.89. The molecule has 0 radical (unpaired) electrons. The van der Waals surface area contributed by atoms with Gasteiger partial charge in [0.05, 0.1) is 0 Å². The zero-order chi connectivity index (χ0) is 7.56. The van der Waals surface area contributed by atoms with Gasteiger partial charge in [-0.05, 0) is 18.3 Å². The number of carbonyl (C=O) groups is 1.